The van der Waals surface area contributed by atoms with Crippen LogP contribution in [0.5, 0.6) is 5.75 Å². The van der Waals surface area contributed by atoms with Gasteiger partial charge in [-0.05, 0) is 44.0 Å². The third kappa shape index (κ3) is 6.57. The molecule has 2 rings (SSSR count). The summed E-state index contributed by atoms with van der Waals surface area (Å²) in [5, 5.41) is 5.29. The number of benzene rings is 2. The molecule has 0 unspecified atom stereocenters. The highest BCUT2D eigenvalue weighted by molar-refractivity contribution is 7.89. The lowest BCUT2D eigenvalue weighted by Crippen LogP contribution is -2.49. The highest BCUT2D eigenvalue weighted by atomic mass is 32.2. The maximum atomic E-state index is 13.2. The lowest BCUT2D eigenvalue weighted by molar-refractivity contribution is -0.123. The zero-order valence-corrected chi connectivity index (χ0v) is 18.2. The second-order valence-corrected chi connectivity index (χ2v) is 8.76. The number of hydrogen-bond donors (Lipinski definition) is 3. The Balaban J connectivity index is 2.39. The lowest BCUT2D eigenvalue weighted by atomic mass is 10.1. The average molecular weight is 434 g/mol. The Morgan fingerprint density at radius 1 is 1.07 bits per heavy atom. The number of carbonyl (C=O) groups is 2. The molecule has 2 aromatic carbocycles. The van der Waals surface area contributed by atoms with Crippen LogP contribution in [0.25, 0.3) is 0 Å². The van der Waals surface area contributed by atoms with Gasteiger partial charge in [-0.1, -0.05) is 30.3 Å². The number of rotatable bonds is 9. The van der Waals surface area contributed by atoms with Crippen molar-refractivity contribution < 1.29 is 22.7 Å². The first-order valence-electron chi connectivity index (χ1n) is 9.44. The van der Waals surface area contributed by atoms with Crippen molar-refractivity contribution in [2.75, 3.05) is 12.4 Å². The molecule has 0 fully saturated rings. The number of carbonyl (C=O) groups excluding carboxylic acids is 2. The summed E-state index contributed by atoms with van der Waals surface area (Å²) in [6.45, 7) is 4.92. The monoisotopic (exact) mass is 433 g/mol. The Morgan fingerprint density at radius 2 is 1.73 bits per heavy atom. The van der Waals surface area contributed by atoms with Crippen molar-refractivity contribution in [2.45, 2.75) is 44.2 Å². The van der Waals surface area contributed by atoms with E-state index in [0.29, 0.717) is 5.69 Å². The van der Waals surface area contributed by atoms with Crippen LogP contribution >= 0.6 is 0 Å². The topological polar surface area (TPSA) is 114 Å². The zero-order chi connectivity index (χ0) is 22.3. The van der Waals surface area contributed by atoms with Crippen LogP contribution in [-0.4, -0.2) is 39.4 Å². The molecule has 0 saturated carbocycles. The summed E-state index contributed by atoms with van der Waals surface area (Å²) >= 11 is 0. The molecule has 0 saturated heterocycles. The van der Waals surface area contributed by atoms with E-state index in [0.717, 1.165) is 5.56 Å². The second kappa shape index (κ2) is 10.2. The molecule has 8 nitrogen and oxygen atoms in total. The molecule has 162 valence electrons. The Bertz CT molecular complexity index is 991. The summed E-state index contributed by atoms with van der Waals surface area (Å²) in [6, 6.07) is 12.2. The first kappa shape index (κ1) is 23.4. The van der Waals surface area contributed by atoms with Crippen molar-refractivity contribution in [3.8, 4) is 5.75 Å². The van der Waals surface area contributed by atoms with Gasteiger partial charge in [0.05, 0.1) is 7.11 Å². The largest absolute Gasteiger partial charge is 0.495 e. The molecule has 30 heavy (non-hydrogen) atoms. The van der Waals surface area contributed by atoms with Crippen LogP contribution in [0.3, 0.4) is 0 Å². The summed E-state index contributed by atoms with van der Waals surface area (Å²) in [5.41, 5.74) is 1.11. The van der Waals surface area contributed by atoms with Crippen LogP contribution in [0.15, 0.2) is 53.4 Å². The van der Waals surface area contributed by atoms with Gasteiger partial charge < -0.3 is 15.4 Å². The van der Waals surface area contributed by atoms with Gasteiger partial charge in [-0.3, -0.25) is 9.59 Å². The number of sulfonamides is 1. The van der Waals surface area contributed by atoms with E-state index in [1.165, 1.54) is 32.2 Å². The van der Waals surface area contributed by atoms with Crippen molar-refractivity contribution in [1.29, 1.82) is 0 Å². The van der Waals surface area contributed by atoms with Crippen LogP contribution in [0.2, 0.25) is 0 Å². The average Bonchev–Trinajstić information content (AvgIpc) is 2.67. The molecule has 0 aromatic heterocycles. The lowest BCUT2D eigenvalue weighted by Gasteiger charge is -2.21. The number of amides is 2. The molecule has 0 radical (unpaired) electrons. The number of nitrogens with one attached hydrogen (secondary N) is 3. The normalized spacial score (nSPS) is 12.3. The molecular formula is C21H27N3O5S. The third-order valence-corrected chi connectivity index (χ3v) is 5.59. The third-order valence-electron chi connectivity index (χ3n) is 4.10. The predicted molar refractivity (Wildman–Crippen MR) is 115 cm³/mol. The van der Waals surface area contributed by atoms with Gasteiger partial charge in [0, 0.05) is 18.7 Å². The van der Waals surface area contributed by atoms with Gasteiger partial charge in [-0.25, -0.2) is 8.42 Å². The van der Waals surface area contributed by atoms with E-state index in [1.807, 2.05) is 30.3 Å². The fraction of sp³-hybridized carbons (Fsp3) is 0.333. The summed E-state index contributed by atoms with van der Waals surface area (Å²) in [7, 11) is -2.80. The van der Waals surface area contributed by atoms with Crippen molar-refractivity contribution in [3.63, 3.8) is 0 Å². The maximum Gasteiger partial charge on any atom is 0.245 e. The van der Waals surface area contributed by atoms with Crippen LogP contribution in [0.4, 0.5) is 5.69 Å². The van der Waals surface area contributed by atoms with Crippen molar-refractivity contribution >= 4 is 27.5 Å². The summed E-state index contributed by atoms with van der Waals surface area (Å²) in [4.78, 5) is 23.9. The Kier molecular flexibility index (Phi) is 7.96. The van der Waals surface area contributed by atoms with Gasteiger partial charge in [-0.2, -0.15) is 4.72 Å². The molecule has 0 aliphatic rings. The van der Waals surface area contributed by atoms with Crippen molar-refractivity contribution in [2.24, 2.45) is 0 Å². The van der Waals surface area contributed by atoms with E-state index in [4.69, 9.17) is 4.74 Å². The molecular weight excluding hydrogens is 406 g/mol. The SMILES string of the molecule is COc1ccc(NC(C)=O)cc1S(=O)(=O)N[C@H](Cc1ccccc1)C(=O)NC(C)C. The number of anilines is 1. The van der Waals surface area contributed by atoms with Gasteiger partial charge in [0.1, 0.15) is 16.7 Å². The van der Waals surface area contributed by atoms with Gasteiger partial charge >= 0.3 is 0 Å². The summed E-state index contributed by atoms with van der Waals surface area (Å²) in [5.74, 6) is -0.677. The minimum absolute atomic E-state index is 0.0966. The molecule has 0 heterocycles. The van der Waals surface area contributed by atoms with Crippen LogP contribution in [0, 0.1) is 0 Å². The van der Waals surface area contributed by atoms with E-state index in [9.17, 15) is 18.0 Å². The molecule has 2 amide bonds. The number of methoxy groups -OCH3 is 1. The molecule has 3 N–H and O–H groups in total. The molecule has 0 bridgehead atoms. The Labute approximate surface area is 177 Å². The van der Waals surface area contributed by atoms with E-state index in [2.05, 4.69) is 15.4 Å². The molecule has 1 atom stereocenters. The molecule has 2 aromatic rings. The summed E-state index contributed by atoms with van der Waals surface area (Å²) < 4.78 is 34.0. The predicted octanol–water partition coefficient (Wildman–Crippen LogP) is 2.07. The summed E-state index contributed by atoms with van der Waals surface area (Å²) in [6.07, 6.45) is 0.173. The number of hydrogen-bond acceptors (Lipinski definition) is 5. The first-order chi connectivity index (χ1) is 14.1. The maximum absolute atomic E-state index is 13.2. The fourth-order valence-electron chi connectivity index (χ4n) is 2.84. The van der Waals surface area contributed by atoms with Crippen LogP contribution in [0.1, 0.15) is 26.3 Å². The zero-order valence-electron chi connectivity index (χ0n) is 17.4. The number of ether oxygens (including phenoxy) is 1. The van der Waals surface area contributed by atoms with Gasteiger partial charge in [0.2, 0.25) is 21.8 Å². The Morgan fingerprint density at radius 3 is 2.30 bits per heavy atom. The molecule has 0 spiro atoms. The molecule has 9 heteroatoms. The van der Waals surface area contributed by atoms with Gasteiger partial charge in [0.25, 0.3) is 0 Å². The van der Waals surface area contributed by atoms with Crippen molar-refractivity contribution in [1.82, 2.24) is 10.0 Å². The van der Waals surface area contributed by atoms with Crippen LogP contribution in [-0.2, 0) is 26.0 Å². The highest BCUT2D eigenvalue weighted by Crippen LogP contribution is 2.27. The fourth-order valence-corrected chi connectivity index (χ4v) is 4.23. The quantitative estimate of drug-likeness (QED) is 0.560. The molecule has 0 aliphatic carbocycles. The van der Waals surface area contributed by atoms with E-state index in [-0.39, 0.29) is 29.0 Å². The standard InChI is InChI=1S/C21H27N3O5S/c1-14(2)22-21(26)18(12-16-8-6-5-7-9-16)24-30(27,28)20-13-17(23-15(3)25)10-11-19(20)29-4/h5-11,13-14,18,24H,12H2,1-4H3,(H,22,26)(H,23,25)/t18-/m1/s1. The van der Waals surface area contributed by atoms with Gasteiger partial charge in [0.15, 0.2) is 0 Å². The van der Waals surface area contributed by atoms with Crippen LogP contribution < -0.4 is 20.1 Å². The minimum atomic E-state index is -4.15. The van der Waals surface area contributed by atoms with Crippen molar-refractivity contribution in [3.05, 3.63) is 54.1 Å². The van der Waals surface area contributed by atoms with E-state index in [1.54, 1.807) is 13.8 Å². The van der Waals surface area contributed by atoms with E-state index >= 15 is 0 Å². The minimum Gasteiger partial charge on any atom is -0.495 e. The Hall–Kier alpha value is -2.91. The first-order valence-corrected chi connectivity index (χ1v) is 10.9. The van der Waals surface area contributed by atoms with E-state index < -0.39 is 22.0 Å². The molecule has 0 aliphatic heterocycles. The smallest absolute Gasteiger partial charge is 0.245 e. The second-order valence-electron chi connectivity index (χ2n) is 7.07. The van der Waals surface area contributed by atoms with Gasteiger partial charge in [-0.15, -0.1) is 0 Å². The highest BCUT2D eigenvalue weighted by Gasteiger charge is 2.29.